The number of likely N-dealkylation sites (tertiary alicyclic amines) is 1. The Morgan fingerprint density at radius 2 is 1.96 bits per heavy atom. The van der Waals surface area contributed by atoms with Crippen molar-refractivity contribution < 1.29 is 9.59 Å². The van der Waals surface area contributed by atoms with E-state index in [-0.39, 0.29) is 24.3 Å². The third-order valence-electron chi connectivity index (χ3n) is 5.11. The van der Waals surface area contributed by atoms with Gasteiger partial charge in [-0.25, -0.2) is 0 Å². The fourth-order valence-corrected chi connectivity index (χ4v) is 2.99. The van der Waals surface area contributed by atoms with E-state index >= 15 is 0 Å². The molecule has 26 heavy (non-hydrogen) atoms. The van der Waals surface area contributed by atoms with Crippen LogP contribution in [0, 0.1) is 24.2 Å². The number of amides is 2. The second kappa shape index (κ2) is 8.22. The van der Waals surface area contributed by atoms with E-state index in [1.165, 1.54) is 0 Å². The Kier molecular flexibility index (Phi) is 6.25. The summed E-state index contributed by atoms with van der Waals surface area (Å²) in [5, 5.41) is 15.2. The van der Waals surface area contributed by atoms with Crippen LogP contribution < -0.4 is 10.6 Å². The summed E-state index contributed by atoms with van der Waals surface area (Å²) in [5.41, 5.74) is 1.24. The third-order valence-corrected chi connectivity index (χ3v) is 5.11. The highest BCUT2D eigenvalue weighted by molar-refractivity contribution is 6.01. The average Bonchev–Trinajstić information content (AvgIpc) is 3.13. The Morgan fingerprint density at radius 1 is 1.31 bits per heavy atom. The van der Waals surface area contributed by atoms with Crippen molar-refractivity contribution >= 4 is 17.5 Å². The molecule has 1 aromatic rings. The molecule has 0 unspecified atom stereocenters. The van der Waals surface area contributed by atoms with Gasteiger partial charge in [-0.3, -0.25) is 9.59 Å². The lowest BCUT2D eigenvalue weighted by atomic mass is 9.90. The average molecular weight is 356 g/mol. The summed E-state index contributed by atoms with van der Waals surface area (Å²) < 4.78 is 0. The molecule has 140 valence electrons. The molecule has 0 saturated carbocycles. The molecular formula is C20H28N4O2. The normalized spacial score (nSPS) is 16.1. The van der Waals surface area contributed by atoms with Gasteiger partial charge in [-0.15, -0.1) is 0 Å². The zero-order valence-electron chi connectivity index (χ0n) is 16.1. The molecule has 1 fully saturated rings. The van der Waals surface area contributed by atoms with Gasteiger partial charge >= 0.3 is 0 Å². The minimum Gasteiger partial charge on any atom is -0.376 e. The van der Waals surface area contributed by atoms with Gasteiger partial charge in [-0.1, -0.05) is 26.0 Å². The van der Waals surface area contributed by atoms with Crippen molar-refractivity contribution in [3.8, 4) is 6.07 Å². The smallest absolute Gasteiger partial charge is 0.256 e. The van der Waals surface area contributed by atoms with Crippen LogP contribution >= 0.6 is 0 Å². The SMILES string of the molecule is Cc1cccc(NCC(=O)N[C@](C)(C#N)C(C)C)c1C(=O)N1CCCC1. The van der Waals surface area contributed by atoms with Gasteiger partial charge in [0.25, 0.3) is 5.91 Å². The van der Waals surface area contributed by atoms with Crippen molar-refractivity contribution in [1.29, 1.82) is 5.26 Å². The van der Waals surface area contributed by atoms with Crippen LogP contribution in [0.4, 0.5) is 5.69 Å². The van der Waals surface area contributed by atoms with Crippen LogP contribution in [0.3, 0.4) is 0 Å². The third kappa shape index (κ3) is 4.34. The lowest BCUT2D eigenvalue weighted by molar-refractivity contribution is -0.121. The fourth-order valence-electron chi connectivity index (χ4n) is 2.99. The lowest BCUT2D eigenvalue weighted by Gasteiger charge is -2.27. The highest BCUT2D eigenvalue weighted by Gasteiger charge is 2.30. The van der Waals surface area contributed by atoms with Crippen LogP contribution in [0.15, 0.2) is 18.2 Å². The molecule has 1 heterocycles. The summed E-state index contributed by atoms with van der Waals surface area (Å²) in [6, 6.07) is 7.75. The number of nitrogens with one attached hydrogen (secondary N) is 2. The number of nitriles is 1. The number of hydrogen-bond acceptors (Lipinski definition) is 4. The number of rotatable bonds is 6. The molecule has 6 heteroatoms. The Bertz CT molecular complexity index is 717. The molecule has 1 aromatic carbocycles. The molecule has 6 nitrogen and oxygen atoms in total. The minimum absolute atomic E-state index is 0.00699. The van der Waals surface area contributed by atoms with Gasteiger partial charge in [0, 0.05) is 18.8 Å². The quantitative estimate of drug-likeness (QED) is 0.821. The molecule has 0 aromatic heterocycles. The van der Waals surface area contributed by atoms with Crippen molar-refractivity contribution in [2.24, 2.45) is 5.92 Å². The molecule has 2 amide bonds. The number of nitrogens with zero attached hydrogens (tertiary/aromatic N) is 2. The predicted molar refractivity (Wildman–Crippen MR) is 102 cm³/mol. The van der Waals surface area contributed by atoms with Crippen LogP contribution in [0.1, 0.15) is 49.5 Å². The second-order valence-corrected chi connectivity index (χ2v) is 7.37. The van der Waals surface area contributed by atoms with Gasteiger partial charge < -0.3 is 15.5 Å². The van der Waals surface area contributed by atoms with E-state index in [1.54, 1.807) is 6.92 Å². The topological polar surface area (TPSA) is 85.2 Å². The second-order valence-electron chi connectivity index (χ2n) is 7.37. The first-order chi connectivity index (χ1) is 12.3. The van der Waals surface area contributed by atoms with Gasteiger partial charge in [0.05, 0.1) is 18.2 Å². The minimum atomic E-state index is -0.917. The van der Waals surface area contributed by atoms with Crippen molar-refractivity contribution in [3.05, 3.63) is 29.3 Å². The summed E-state index contributed by atoms with van der Waals surface area (Å²) in [5.74, 6) is -0.279. The Labute approximate surface area is 155 Å². The maximum atomic E-state index is 12.8. The van der Waals surface area contributed by atoms with Crippen molar-refractivity contribution in [2.75, 3.05) is 25.0 Å². The van der Waals surface area contributed by atoms with E-state index in [9.17, 15) is 14.9 Å². The van der Waals surface area contributed by atoms with Gasteiger partial charge in [-0.2, -0.15) is 5.26 Å². The molecule has 1 atom stereocenters. The Morgan fingerprint density at radius 3 is 2.54 bits per heavy atom. The molecule has 1 saturated heterocycles. The Hall–Kier alpha value is -2.55. The van der Waals surface area contributed by atoms with E-state index < -0.39 is 5.54 Å². The molecular weight excluding hydrogens is 328 g/mol. The van der Waals surface area contributed by atoms with E-state index in [1.807, 2.05) is 43.9 Å². The monoisotopic (exact) mass is 356 g/mol. The van der Waals surface area contributed by atoms with Crippen LogP contribution in [-0.2, 0) is 4.79 Å². The number of carbonyl (C=O) groups is 2. The van der Waals surface area contributed by atoms with Gasteiger partial charge in [0.15, 0.2) is 0 Å². The van der Waals surface area contributed by atoms with E-state index in [4.69, 9.17) is 0 Å². The van der Waals surface area contributed by atoms with Crippen LogP contribution in [0.2, 0.25) is 0 Å². The van der Waals surface area contributed by atoms with E-state index in [0.29, 0.717) is 11.3 Å². The summed E-state index contributed by atoms with van der Waals surface area (Å²) in [6.07, 6.45) is 2.06. The zero-order chi connectivity index (χ0) is 19.3. The highest BCUT2D eigenvalue weighted by Crippen LogP contribution is 2.23. The molecule has 2 N–H and O–H groups in total. The van der Waals surface area contributed by atoms with E-state index in [0.717, 1.165) is 31.5 Å². The van der Waals surface area contributed by atoms with Gasteiger partial charge in [-0.05, 0) is 44.2 Å². The summed E-state index contributed by atoms with van der Waals surface area (Å²) in [6.45, 7) is 8.97. The molecule has 2 rings (SSSR count). The fraction of sp³-hybridized carbons (Fsp3) is 0.550. The van der Waals surface area contributed by atoms with Crippen molar-refractivity contribution in [1.82, 2.24) is 10.2 Å². The predicted octanol–water partition coefficient (Wildman–Crippen LogP) is 2.70. The standard InChI is InChI=1S/C20H28N4O2/c1-14(2)20(4,13-21)23-17(25)12-22-16-9-7-8-15(3)18(16)19(26)24-10-5-6-11-24/h7-9,14,22H,5-6,10-12H2,1-4H3,(H,23,25)/t20-/m1/s1. The number of aryl methyl sites for hydroxylation is 1. The summed E-state index contributed by atoms with van der Waals surface area (Å²) in [4.78, 5) is 27.0. The van der Waals surface area contributed by atoms with Gasteiger partial charge in [0.2, 0.25) is 5.91 Å². The largest absolute Gasteiger partial charge is 0.376 e. The van der Waals surface area contributed by atoms with Gasteiger partial charge in [0.1, 0.15) is 5.54 Å². The van der Waals surface area contributed by atoms with Crippen LogP contribution in [0.25, 0.3) is 0 Å². The van der Waals surface area contributed by atoms with Crippen molar-refractivity contribution in [3.63, 3.8) is 0 Å². The molecule has 0 spiro atoms. The first-order valence-electron chi connectivity index (χ1n) is 9.13. The highest BCUT2D eigenvalue weighted by atomic mass is 16.2. The van der Waals surface area contributed by atoms with Crippen molar-refractivity contribution in [2.45, 2.75) is 46.1 Å². The maximum Gasteiger partial charge on any atom is 0.256 e. The number of carbonyl (C=O) groups excluding carboxylic acids is 2. The van der Waals surface area contributed by atoms with Crippen LogP contribution in [0.5, 0.6) is 0 Å². The molecule has 0 bridgehead atoms. The zero-order valence-corrected chi connectivity index (χ0v) is 16.1. The maximum absolute atomic E-state index is 12.8. The Balaban J connectivity index is 2.10. The summed E-state index contributed by atoms with van der Waals surface area (Å²) >= 11 is 0. The number of hydrogen-bond donors (Lipinski definition) is 2. The number of benzene rings is 1. The summed E-state index contributed by atoms with van der Waals surface area (Å²) in [7, 11) is 0. The molecule has 1 aliphatic rings. The first kappa shape index (κ1) is 19.8. The van der Waals surface area contributed by atoms with Crippen LogP contribution in [-0.4, -0.2) is 41.9 Å². The van der Waals surface area contributed by atoms with E-state index in [2.05, 4.69) is 16.7 Å². The molecule has 0 aliphatic carbocycles. The first-order valence-corrected chi connectivity index (χ1v) is 9.13. The lowest BCUT2D eigenvalue weighted by Crippen LogP contribution is -2.50. The number of anilines is 1. The molecule has 1 aliphatic heterocycles. The molecule has 0 radical (unpaired) electrons.